The Kier molecular flexibility index (Phi) is 6.18. The van der Waals surface area contributed by atoms with Crippen LogP contribution in [0.3, 0.4) is 0 Å². The zero-order valence-corrected chi connectivity index (χ0v) is 12.1. The molecule has 0 aliphatic carbocycles. The fourth-order valence-electron chi connectivity index (χ4n) is 2.28. The summed E-state index contributed by atoms with van der Waals surface area (Å²) >= 11 is 1.77. The van der Waals surface area contributed by atoms with E-state index in [4.69, 9.17) is 9.47 Å². The van der Waals surface area contributed by atoms with Gasteiger partial charge in [-0.1, -0.05) is 39.0 Å². The van der Waals surface area contributed by atoms with Gasteiger partial charge in [0, 0.05) is 0 Å². The van der Waals surface area contributed by atoms with Crippen molar-refractivity contribution in [2.45, 2.75) is 58.2 Å². The smallest absolute Gasteiger partial charge is 0.193 e. The maximum absolute atomic E-state index is 5.51. The van der Waals surface area contributed by atoms with E-state index in [0.717, 1.165) is 13.2 Å². The van der Waals surface area contributed by atoms with E-state index in [9.17, 15) is 0 Å². The topological polar surface area (TPSA) is 18.5 Å². The minimum atomic E-state index is -0.0895. The second-order valence-electron chi connectivity index (χ2n) is 4.95. The molecule has 102 valence electrons. The lowest BCUT2D eigenvalue weighted by atomic mass is 10.1. The molecule has 0 N–H and O–H groups in total. The Hall–Kier alpha value is -0.380. The number of hydrogen-bond acceptors (Lipinski definition) is 3. The maximum atomic E-state index is 5.51. The van der Waals surface area contributed by atoms with E-state index in [1.807, 2.05) is 0 Å². The third-order valence-corrected chi connectivity index (χ3v) is 4.35. The molecule has 0 radical (unpaired) electrons. The van der Waals surface area contributed by atoms with Gasteiger partial charge in [-0.05, 0) is 29.9 Å². The second-order valence-corrected chi connectivity index (χ2v) is 5.89. The first-order chi connectivity index (χ1) is 8.90. The van der Waals surface area contributed by atoms with E-state index in [2.05, 4.69) is 18.4 Å². The predicted molar refractivity (Wildman–Crippen MR) is 76.0 cm³/mol. The molecule has 2 nitrogen and oxygen atoms in total. The van der Waals surface area contributed by atoms with Gasteiger partial charge in [-0.25, -0.2) is 0 Å². The Balaban J connectivity index is 1.64. The van der Waals surface area contributed by atoms with Crippen molar-refractivity contribution in [3.05, 3.63) is 21.9 Å². The third kappa shape index (κ3) is 4.38. The first-order valence-corrected chi connectivity index (χ1v) is 8.08. The zero-order chi connectivity index (χ0) is 12.6. The summed E-state index contributed by atoms with van der Waals surface area (Å²) in [5, 5.41) is 2.26. The van der Waals surface area contributed by atoms with Crippen molar-refractivity contribution in [3.8, 4) is 0 Å². The van der Waals surface area contributed by atoms with Crippen molar-refractivity contribution < 1.29 is 9.47 Å². The van der Waals surface area contributed by atoms with E-state index in [-0.39, 0.29) is 6.29 Å². The van der Waals surface area contributed by atoms with Crippen molar-refractivity contribution in [3.63, 3.8) is 0 Å². The highest BCUT2D eigenvalue weighted by Crippen LogP contribution is 2.29. The van der Waals surface area contributed by atoms with Crippen LogP contribution >= 0.6 is 11.3 Å². The Morgan fingerprint density at radius 2 is 1.83 bits per heavy atom. The molecule has 0 unspecified atom stereocenters. The number of ether oxygens (including phenoxy) is 2. The number of hydrogen-bond donors (Lipinski definition) is 0. The molecule has 1 aromatic rings. The molecule has 0 spiro atoms. The molecule has 2 heterocycles. The highest BCUT2D eigenvalue weighted by Gasteiger charge is 2.19. The standard InChI is InChI=1S/C15H24O2S/c1-2-3-4-5-6-7-8-13-11-14(18-12-13)15-16-9-10-17-15/h11-12,15H,2-10H2,1H3. The van der Waals surface area contributed by atoms with Crippen molar-refractivity contribution in [2.24, 2.45) is 0 Å². The zero-order valence-electron chi connectivity index (χ0n) is 11.3. The molecule has 1 fully saturated rings. The minimum absolute atomic E-state index is 0.0895. The first kappa shape index (κ1) is 14.0. The lowest BCUT2D eigenvalue weighted by molar-refractivity contribution is -0.0413. The molecule has 1 aliphatic heterocycles. The van der Waals surface area contributed by atoms with E-state index < -0.39 is 0 Å². The van der Waals surface area contributed by atoms with E-state index in [1.54, 1.807) is 11.3 Å². The summed E-state index contributed by atoms with van der Waals surface area (Å²) in [6.07, 6.45) is 9.29. The van der Waals surface area contributed by atoms with Crippen LogP contribution in [0.25, 0.3) is 0 Å². The molecular weight excluding hydrogens is 244 g/mol. The van der Waals surface area contributed by atoms with E-state index >= 15 is 0 Å². The van der Waals surface area contributed by atoms with Crippen LogP contribution in [0.4, 0.5) is 0 Å². The number of thiophene rings is 1. The fourth-order valence-corrected chi connectivity index (χ4v) is 3.22. The van der Waals surface area contributed by atoms with Crippen LogP contribution in [0.1, 0.15) is 62.2 Å². The quantitative estimate of drug-likeness (QED) is 0.636. The van der Waals surface area contributed by atoms with Gasteiger partial charge in [-0.2, -0.15) is 0 Å². The van der Waals surface area contributed by atoms with Gasteiger partial charge in [0.25, 0.3) is 0 Å². The Labute approximate surface area is 114 Å². The summed E-state index contributed by atoms with van der Waals surface area (Å²) in [6, 6.07) is 2.26. The predicted octanol–water partition coefficient (Wildman–Crippen LogP) is 4.70. The van der Waals surface area contributed by atoms with Crippen molar-refractivity contribution in [1.82, 2.24) is 0 Å². The molecule has 3 heteroatoms. The summed E-state index contributed by atoms with van der Waals surface area (Å²) in [5.74, 6) is 0. The molecule has 18 heavy (non-hydrogen) atoms. The number of aryl methyl sites for hydroxylation is 1. The number of unbranched alkanes of at least 4 members (excludes halogenated alkanes) is 5. The Morgan fingerprint density at radius 3 is 2.61 bits per heavy atom. The lowest BCUT2D eigenvalue weighted by Gasteiger charge is -2.04. The van der Waals surface area contributed by atoms with Crippen molar-refractivity contribution >= 4 is 11.3 Å². The molecule has 0 bridgehead atoms. The van der Waals surface area contributed by atoms with Crippen LogP contribution in [0.5, 0.6) is 0 Å². The van der Waals surface area contributed by atoms with Crippen LogP contribution in [0, 0.1) is 0 Å². The minimum Gasteiger partial charge on any atom is -0.345 e. The van der Waals surface area contributed by atoms with Crippen LogP contribution in [-0.4, -0.2) is 13.2 Å². The van der Waals surface area contributed by atoms with Gasteiger partial charge in [0.15, 0.2) is 6.29 Å². The van der Waals surface area contributed by atoms with Gasteiger partial charge >= 0.3 is 0 Å². The van der Waals surface area contributed by atoms with Gasteiger partial charge < -0.3 is 9.47 Å². The Morgan fingerprint density at radius 1 is 1.11 bits per heavy atom. The highest BCUT2D eigenvalue weighted by atomic mass is 32.1. The van der Waals surface area contributed by atoms with Crippen molar-refractivity contribution in [2.75, 3.05) is 13.2 Å². The number of rotatable bonds is 8. The lowest BCUT2D eigenvalue weighted by Crippen LogP contribution is -1.94. The molecule has 2 rings (SSSR count). The molecule has 1 saturated heterocycles. The monoisotopic (exact) mass is 268 g/mol. The summed E-state index contributed by atoms with van der Waals surface area (Å²) in [7, 11) is 0. The average molecular weight is 268 g/mol. The Bertz CT molecular complexity index is 329. The summed E-state index contributed by atoms with van der Waals surface area (Å²) < 4.78 is 11.0. The maximum Gasteiger partial charge on any atom is 0.193 e. The fraction of sp³-hybridized carbons (Fsp3) is 0.733. The third-order valence-electron chi connectivity index (χ3n) is 3.35. The molecular formula is C15H24O2S. The second kappa shape index (κ2) is 7.93. The summed E-state index contributed by atoms with van der Waals surface area (Å²) in [4.78, 5) is 1.23. The highest BCUT2D eigenvalue weighted by molar-refractivity contribution is 7.10. The van der Waals surface area contributed by atoms with Gasteiger partial charge in [0.1, 0.15) is 0 Å². The molecule has 0 aromatic carbocycles. The largest absolute Gasteiger partial charge is 0.345 e. The first-order valence-electron chi connectivity index (χ1n) is 7.20. The van der Waals surface area contributed by atoms with Gasteiger partial charge in [-0.15, -0.1) is 11.3 Å². The van der Waals surface area contributed by atoms with Crippen LogP contribution < -0.4 is 0 Å². The average Bonchev–Trinajstić information content (AvgIpc) is 3.03. The van der Waals surface area contributed by atoms with Gasteiger partial charge in [-0.3, -0.25) is 0 Å². The van der Waals surface area contributed by atoms with Gasteiger partial charge in [0.2, 0.25) is 0 Å². The van der Waals surface area contributed by atoms with Crippen LogP contribution in [0.2, 0.25) is 0 Å². The van der Waals surface area contributed by atoms with E-state index in [0.29, 0.717) is 0 Å². The summed E-state index contributed by atoms with van der Waals surface area (Å²) in [5.41, 5.74) is 1.45. The molecule has 0 amide bonds. The van der Waals surface area contributed by atoms with Crippen molar-refractivity contribution in [1.29, 1.82) is 0 Å². The SMILES string of the molecule is CCCCCCCCc1csc(C2OCCO2)c1. The summed E-state index contributed by atoms with van der Waals surface area (Å²) in [6.45, 7) is 3.73. The van der Waals surface area contributed by atoms with Crippen LogP contribution in [-0.2, 0) is 15.9 Å². The van der Waals surface area contributed by atoms with E-state index in [1.165, 1.54) is 55.4 Å². The van der Waals surface area contributed by atoms with Gasteiger partial charge in [0.05, 0.1) is 18.1 Å². The normalized spacial score (nSPS) is 16.5. The molecule has 0 saturated carbocycles. The molecule has 1 aromatic heterocycles. The van der Waals surface area contributed by atoms with Crippen LogP contribution in [0.15, 0.2) is 11.4 Å². The molecule has 1 aliphatic rings. The molecule has 0 atom stereocenters.